The van der Waals surface area contributed by atoms with Crippen LogP contribution in [0, 0.1) is 0 Å². The quantitative estimate of drug-likeness (QED) is 0.504. The largest absolute Gasteiger partial charge is 0.438 e. The van der Waals surface area contributed by atoms with Crippen LogP contribution < -0.4 is 4.90 Å². The zero-order valence-electron chi connectivity index (χ0n) is 7.61. The molecule has 0 aromatic carbocycles. The molecule has 1 fully saturated rings. The molecule has 2 rings (SSSR count). The van der Waals surface area contributed by atoms with E-state index in [2.05, 4.69) is 26.0 Å². The van der Waals surface area contributed by atoms with E-state index in [1.54, 1.807) is 6.07 Å². The van der Waals surface area contributed by atoms with Crippen molar-refractivity contribution in [2.24, 2.45) is 5.16 Å². The van der Waals surface area contributed by atoms with Crippen LogP contribution in [0.15, 0.2) is 20.1 Å². The fourth-order valence-corrected chi connectivity index (χ4v) is 2.19. The molecule has 1 aromatic heterocycles. The first-order chi connectivity index (χ1) is 6.81. The van der Waals surface area contributed by atoms with Crippen molar-refractivity contribution >= 4 is 28.0 Å². The normalized spacial score (nSPS) is 17.1. The first kappa shape index (κ1) is 9.58. The summed E-state index contributed by atoms with van der Waals surface area (Å²) in [6, 6.07) is 1.80. The lowest BCUT2D eigenvalue weighted by Gasteiger charge is -2.13. The summed E-state index contributed by atoms with van der Waals surface area (Å²) in [6.45, 7) is 2.06. The maximum atomic E-state index is 8.37. The molecule has 0 spiro atoms. The number of hydrogen-bond donors (Lipinski definition) is 1. The van der Waals surface area contributed by atoms with Crippen molar-refractivity contribution in [3.63, 3.8) is 0 Å². The van der Waals surface area contributed by atoms with Gasteiger partial charge >= 0.3 is 0 Å². The Morgan fingerprint density at radius 3 is 2.86 bits per heavy atom. The predicted molar refractivity (Wildman–Crippen MR) is 57.2 cm³/mol. The Morgan fingerprint density at radius 1 is 1.50 bits per heavy atom. The third-order valence-electron chi connectivity index (χ3n) is 2.27. The highest BCUT2D eigenvalue weighted by atomic mass is 79.9. The Morgan fingerprint density at radius 2 is 2.21 bits per heavy atom. The zero-order chi connectivity index (χ0) is 9.97. The van der Waals surface area contributed by atoms with Crippen molar-refractivity contribution in [3.8, 4) is 0 Å². The van der Waals surface area contributed by atoms with E-state index in [1.165, 1.54) is 19.1 Å². The average molecular weight is 259 g/mol. The minimum Gasteiger partial charge on any atom is -0.438 e. The fraction of sp³-hybridized carbons (Fsp3) is 0.444. The van der Waals surface area contributed by atoms with Crippen molar-refractivity contribution < 1.29 is 9.62 Å². The van der Waals surface area contributed by atoms with Crippen LogP contribution in [0.25, 0.3) is 0 Å². The summed E-state index contributed by atoms with van der Waals surface area (Å²) in [7, 11) is 0. The molecule has 1 aromatic rings. The van der Waals surface area contributed by atoms with Crippen molar-refractivity contribution in [2.45, 2.75) is 12.8 Å². The number of oxime groups is 1. The van der Waals surface area contributed by atoms with Crippen LogP contribution in [0.1, 0.15) is 18.6 Å². The second kappa shape index (κ2) is 4.04. The minimum absolute atomic E-state index is 0.557. The van der Waals surface area contributed by atoms with Crippen molar-refractivity contribution in [3.05, 3.63) is 16.3 Å². The topological polar surface area (TPSA) is 49.0 Å². The molecular formula is C9H11BrN2O2. The molecule has 0 aliphatic carbocycles. The predicted octanol–water partition coefficient (Wildman–Crippen LogP) is 2.45. The Labute approximate surface area is 90.3 Å². The molecule has 0 unspecified atom stereocenters. The van der Waals surface area contributed by atoms with Crippen molar-refractivity contribution in [2.75, 3.05) is 18.0 Å². The molecule has 14 heavy (non-hydrogen) atoms. The second-order valence-electron chi connectivity index (χ2n) is 3.24. The second-order valence-corrected chi connectivity index (χ2v) is 4.09. The van der Waals surface area contributed by atoms with Gasteiger partial charge in [-0.3, -0.25) is 0 Å². The molecule has 0 bridgehead atoms. The lowest BCUT2D eigenvalue weighted by Crippen LogP contribution is -2.17. The van der Waals surface area contributed by atoms with E-state index in [9.17, 15) is 0 Å². The van der Waals surface area contributed by atoms with E-state index in [0.29, 0.717) is 5.76 Å². The summed E-state index contributed by atoms with van der Waals surface area (Å²) < 4.78 is 6.42. The molecular weight excluding hydrogens is 248 g/mol. The van der Waals surface area contributed by atoms with E-state index in [-0.39, 0.29) is 0 Å². The highest BCUT2D eigenvalue weighted by Crippen LogP contribution is 2.31. The molecule has 4 nitrogen and oxygen atoms in total. The van der Waals surface area contributed by atoms with Crippen molar-refractivity contribution in [1.29, 1.82) is 0 Å². The van der Waals surface area contributed by atoms with Crippen molar-refractivity contribution in [1.82, 2.24) is 0 Å². The van der Waals surface area contributed by atoms with Gasteiger partial charge in [-0.25, -0.2) is 0 Å². The van der Waals surface area contributed by atoms with Gasteiger partial charge in [-0.1, -0.05) is 5.16 Å². The first-order valence-corrected chi connectivity index (χ1v) is 5.32. The van der Waals surface area contributed by atoms with Crippen LogP contribution in [0.3, 0.4) is 0 Å². The summed E-state index contributed by atoms with van der Waals surface area (Å²) in [5, 5.41) is 11.3. The third kappa shape index (κ3) is 1.77. The van der Waals surface area contributed by atoms with Gasteiger partial charge in [0.1, 0.15) is 6.21 Å². The van der Waals surface area contributed by atoms with Gasteiger partial charge in [-0.2, -0.15) is 0 Å². The summed E-state index contributed by atoms with van der Waals surface area (Å²) in [6.07, 6.45) is 3.69. The summed E-state index contributed by atoms with van der Waals surface area (Å²) in [5.74, 6) is 1.39. The van der Waals surface area contributed by atoms with Gasteiger partial charge in [-0.15, -0.1) is 0 Å². The molecule has 76 valence electrons. The molecule has 1 aliphatic heterocycles. The Hall–Kier alpha value is -0.970. The van der Waals surface area contributed by atoms with Gasteiger partial charge in [0, 0.05) is 19.2 Å². The van der Waals surface area contributed by atoms with Gasteiger partial charge in [0.05, 0.1) is 4.47 Å². The molecule has 0 atom stereocenters. The van der Waals surface area contributed by atoms with Crippen LogP contribution in [-0.2, 0) is 0 Å². The number of nitrogens with zero attached hydrogens (tertiary/aromatic N) is 2. The fourth-order valence-electron chi connectivity index (χ4n) is 1.63. The monoisotopic (exact) mass is 258 g/mol. The molecule has 5 heteroatoms. The highest BCUT2D eigenvalue weighted by Gasteiger charge is 2.19. The van der Waals surface area contributed by atoms with Gasteiger partial charge < -0.3 is 14.5 Å². The summed E-state index contributed by atoms with van der Waals surface area (Å²) >= 11 is 3.42. The van der Waals surface area contributed by atoms with Gasteiger partial charge in [0.25, 0.3) is 0 Å². The van der Waals surface area contributed by atoms with Gasteiger partial charge in [0.2, 0.25) is 5.88 Å². The SMILES string of the molecule is ON=Cc1cc(Br)c(N2CCCC2)o1. The van der Waals surface area contributed by atoms with Gasteiger partial charge in [0.15, 0.2) is 5.76 Å². The highest BCUT2D eigenvalue weighted by molar-refractivity contribution is 9.10. The maximum Gasteiger partial charge on any atom is 0.210 e. The summed E-state index contributed by atoms with van der Waals surface area (Å²) in [4.78, 5) is 2.18. The summed E-state index contributed by atoms with van der Waals surface area (Å²) in [5.41, 5.74) is 0. The molecule has 1 aliphatic rings. The Bertz CT molecular complexity index is 343. The molecule has 0 saturated carbocycles. The lowest BCUT2D eigenvalue weighted by atomic mass is 10.4. The average Bonchev–Trinajstić information content (AvgIpc) is 2.74. The Kier molecular flexibility index (Phi) is 2.77. The van der Waals surface area contributed by atoms with Crippen LogP contribution in [0.2, 0.25) is 0 Å². The number of furan rings is 1. The number of anilines is 1. The van der Waals surface area contributed by atoms with E-state index < -0.39 is 0 Å². The molecule has 2 heterocycles. The number of rotatable bonds is 2. The standard InChI is InChI=1S/C9H11BrN2O2/c10-8-5-7(6-11-13)14-9(8)12-3-1-2-4-12/h5-6,13H,1-4H2. The molecule has 0 radical (unpaired) electrons. The minimum atomic E-state index is 0.557. The van der Waals surface area contributed by atoms with E-state index in [1.807, 2.05) is 0 Å². The molecule has 1 N–H and O–H groups in total. The number of hydrogen-bond acceptors (Lipinski definition) is 4. The molecule has 0 amide bonds. The molecule has 1 saturated heterocycles. The van der Waals surface area contributed by atoms with Crippen LogP contribution in [0.4, 0.5) is 5.88 Å². The van der Waals surface area contributed by atoms with Gasteiger partial charge in [-0.05, 0) is 28.8 Å². The van der Waals surface area contributed by atoms with Crippen LogP contribution >= 0.6 is 15.9 Å². The van der Waals surface area contributed by atoms with Crippen LogP contribution in [-0.4, -0.2) is 24.5 Å². The van der Waals surface area contributed by atoms with E-state index >= 15 is 0 Å². The lowest BCUT2D eigenvalue weighted by molar-refractivity contribution is 0.320. The van der Waals surface area contributed by atoms with E-state index in [0.717, 1.165) is 23.4 Å². The van der Waals surface area contributed by atoms with E-state index in [4.69, 9.17) is 9.62 Å². The number of halogens is 1. The Balaban J connectivity index is 2.24. The zero-order valence-corrected chi connectivity index (χ0v) is 9.20. The van der Waals surface area contributed by atoms with Crippen LogP contribution in [0.5, 0.6) is 0 Å². The third-order valence-corrected chi connectivity index (χ3v) is 2.83. The smallest absolute Gasteiger partial charge is 0.210 e. The maximum absolute atomic E-state index is 8.37. The first-order valence-electron chi connectivity index (χ1n) is 4.53.